The summed E-state index contributed by atoms with van der Waals surface area (Å²) in [4.78, 5) is 14.4. The standard InChI is InChI=1S/C36H58O11/c1-31(2)11-13-36(30(45)47-29-26(42)25(41)24(40)20(16-37)46-29)14-12-34(5)18(23(36)28(31)44)7-8-22-32(3)15-19(39)27(43)33(4,17-38)21(32)9-10-35(22,34)6/h7,19-29,37-44H,8-17H2,1-6H3/t19-,20-,21-,22-,23+,24-,25+,26-,27+,28+,29+,32+,33-,34-,35-,36+/m1/s1. The summed E-state index contributed by atoms with van der Waals surface area (Å²) in [6.45, 7) is 11.9. The monoisotopic (exact) mass is 666 g/mol. The minimum absolute atomic E-state index is 0.00502. The van der Waals surface area contributed by atoms with Gasteiger partial charge < -0.3 is 50.3 Å². The molecule has 0 bridgehead atoms. The Morgan fingerprint density at radius 3 is 2.15 bits per heavy atom. The van der Waals surface area contributed by atoms with Crippen LogP contribution in [-0.2, 0) is 14.3 Å². The van der Waals surface area contributed by atoms with Crippen LogP contribution in [0.25, 0.3) is 0 Å². The van der Waals surface area contributed by atoms with Crippen LogP contribution in [0.3, 0.4) is 0 Å². The average Bonchev–Trinajstić information content (AvgIpc) is 3.02. The molecule has 0 radical (unpaired) electrons. The maximum absolute atomic E-state index is 14.4. The molecule has 11 nitrogen and oxygen atoms in total. The number of aliphatic hydroxyl groups excluding tert-OH is 8. The summed E-state index contributed by atoms with van der Waals surface area (Å²) in [5.74, 6) is -1.08. The van der Waals surface area contributed by atoms with Gasteiger partial charge in [-0.15, -0.1) is 0 Å². The molecule has 16 atom stereocenters. The van der Waals surface area contributed by atoms with Gasteiger partial charge in [-0.05, 0) is 84.9 Å². The third-order valence-electron chi connectivity index (χ3n) is 15.4. The summed E-state index contributed by atoms with van der Waals surface area (Å²) in [5, 5.41) is 85.9. The first-order chi connectivity index (χ1) is 21.8. The Morgan fingerprint density at radius 2 is 1.51 bits per heavy atom. The van der Waals surface area contributed by atoms with Crippen LogP contribution in [0.5, 0.6) is 0 Å². The third kappa shape index (κ3) is 4.67. The van der Waals surface area contributed by atoms with Crippen LogP contribution in [0.2, 0.25) is 0 Å². The van der Waals surface area contributed by atoms with Crippen molar-refractivity contribution in [3.63, 3.8) is 0 Å². The minimum atomic E-state index is -1.72. The molecular formula is C36H58O11. The Morgan fingerprint density at radius 1 is 0.851 bits per heavy atom. The first-order valence-electron chi connectivity index (χ1n) is 17.7. The second-order valence-electron chi connectivity index (χ2n) is 17.8. The largest absolute Gasteiger partial charge is 0.432 e. The first-order valence-corrected chi connectivity index (χ1v) is 17.7. The lowest BCUT2D eigenvalue weighted by Crippen LogP contribution is -2.69. The number of allylic oxidation sites excluding steroid dienone is 1. The average molecular weight is 667 g/mol. The van der Waals surface area contributed by atoms with Crippen molar-refractivity contribution < 1.29 is 55.1 Å². The summed E-state index contributed by atoms with van der Waals surface area (Å²) in [5.41, 5.74) is -2.46. The first kappa shape index (κ1) is 35.7. The summed E-state index contributed by atoms with van der Waals surface area (Å²) < 4.78 is 11.4. The van der Waals surface area contributed by atoms with Crippen molar-refractivity contribution in [2.45, 2.75) is 142 Å². The molecule has 0 aromatic heterocycles. The molecule has 47 heavy (non-hydrogen) atoms. The lowest BCUT2D eigenvalue weighted by molar-refractivity contribution is -0.298. The van der Waals surface area contributed by atoms with Crippen LogP contribution in [0.4, 0.5) is 0 Å². The highest BCUT2D eigenvalue weighted by atomic mass is 16.7. The van der Waals surface area contributed by atoms with E-state index in [9.17, 15) is 45.6 Å². The Labute approximate surface area is 278 Å². The van der Waals surface area contributed by atoms with Gasteiger partial charge in [0.1, 0.15) is 24.4 Å². The van der Waals surface area contributed by atoms with E-state index in [1.54, 1.807) is 0 Å². The van der Waals surface area contributed by atoms with Gasteiger partial charge in [0.2, 0.25) is 6.29 Å². The summed E-state index contributed by atoms with van der Waals surface area (Å²) >= 11 is 0. The van der Waals surface area contributed by atoms with Gasteiger partial charge in [0, 0.05) is 11.3 Å². The maximum Gasteiger partial charge on any atom is 0.315 e. The SMILES string of the molecule is CC1(C)CC[C@]2(C(=O)O[C@@H]3O[C@H](CO)[C@@H](O)[C@H](O)[C@H]3O)CC[C@]3(C)C(=CC[C@@H]4[C@@]5(C)C[C@@H](O)[C@H](O)[C@](C)(CO)[C@@H]5CC[C@]43C)[C@H]2[C@@H]1O. The molecule has 0 aromatic carbocycles. The van der Waals surface area contributed by atoms with Gasteiger partial charge in [-0.25, -0.2) is 0 Å². The fraction of sp³-hybridized carbons (Fsp3) is 0.917. The van der Waals surface area contributed by atoms with Crippen LogP contribution in [0.1, 0.15) is 92.9 Å². The van der Waals surface area contributed by atoms with Gasteiger partial charge in [0.25, 0.3) is 0 Å². The Balaban J connectivity index is 1.39. The fourth-order valence-electron chi connectivity index (χ4n) is 12.1. The zero-order chi connectivity index (χ0) is 34.7. The molecule has 8 N–H and O–H groups in total. The number of carbonyl (C=O) groups excluding carboxylic acids is 1. The van der Waals surface area contributed by atoms with Crippen molar-refractivity contribution in [1.29, 1.82) is 0 Å². The van der Waals surface area contributed by atoms with E-state index in [0.29, 0.717) is 38.5 Å². The van der Waals surface area contributed by atoms with Gasteiger partial charge in [-0.3, -0.25) is 4.79 Å². The molecule has 1 saturated heterocycles. The van der Waals surface area contributed by atoms with E-state index in [1.165, 1.54) is 0 Å². The van der Waals surface area contributed by atoms with E-state index in [0.717, 1.165) is 18.4 Å². The van der Waals surface area contributed by atoms with E-state index < -0.39 is 89.2 Å². The second kappa shape index (κ2) is 11.4. The van der Waals surface area contributed by atoms with Crippen molar-refractivity contribution in [1.82, 2.24) is 0 Å². The van der Waals surface area contributed by atoms with E-state index in [-0.39, 0.29) is 29.3 Å². The molecule has 5 aliphatic carbocycles. The van der Waals surface area contributed by atoms with Crippen LogP contribution < -0.4 is 0 Å². The number of aliphatic hydroxyl groups is 8. The van der Waals surface area contributed by atoms with Gasteiger partial charge in [-0.2, -0.15) is 0 Å². The van der Waals surface area contributed by atoms with Gasteiger partial charge >= 0.3 is 5.97 Å². The summed E-state index contributed by atoms with van der Waals surface area (Å²) in [7, 11) is 0. The van der Waals surface area contributed by atoms with Gasteiger partial charge in [0.05, 0.1) is 36.9 Å². The van der Waals surface area contributed by atoms with Crippen molar-refractivity contribution in [3.8, 4) is 0 Å². The predicted octanol–water partition coefficient (Wildman–Crippen LogP) is 1.41. The van der Waals surface area contributed by atoms with Crippen molar-refractivity contribution in [2.75, 3.05) is 13.2 Å². The van der Waals surface area contributed by atoms with Crippen LogP contribution in [0, 0.1) is 50.2 Å². The fourth-order valence-corrected chi connectivity index (χ4v) is 12.1. The van der Waals surface area contributed by atoms with Crippen LogP contribution in [0.15, 0.2) is 11.6 Å². The Bertz CT molecular complexity index is 1270. The second-order valence-corrected chi connectivity index (χ2v) is 17.8. The smallest absolute Gasteiger partial charge is 0.315 e. The van der Waals surface area contributed by atoms with Crippen molar-refractivity contribution in [3.05, 3.63) is 11.6 Å². The van der Waals surface area contributed by atoms with E-state index in [4.69, 9.17) is 9.47 Å². The molecule has 0 amide bonds. The number of esters is 1. The molecule has 0 unspecified atom stereocenters. The molecule has 6 rings (SSSR count). The highest BCUT2D eigenvalue weighted by molar-refractivity contribution is 5.79. The lowest BCUT2D eigenvalue weighted by Gasteiger charge is -2.71. The molecule has 0 spiro atoms. The van der Waals surface area contributed by atoms with Gasteiger partial charge in [0.15, 0.2) is 0 Å². The van der Waals surface area contributed by atoms with Crippen molar-refractivity contribution >= 4 is 5.97 Å². The van der Waals surface area contributed by atoms with Crippen LogP contribution >= 0.6 is 0 Å². The lowest BCUT2D eigenvalue weighted by atomic mass is 9.33. The highest BCUT2D eigenvalue weighted by Crippen LogP contribution is 2.75. The topological polar surface area (TPSA) is 197 Å². The Hall–Kier alpha value is -1.15. The van der Waals surface area contributed by atoms with Crippen LogP contribution in [-0.4, -0.2) is 109 Å². The molecule has 1 aliphatic heterocycles. The van der Waals surface area contributed by atoms with Gasteiger partial charge in [-0.1, -0.05) is 53.2 Å². The van der Waals surface area contributed by atoms with Crippen molar-refractivity contribution in [2.24, 2.45) is 50.2 Å². The van der Waals surface area contributed by atoms with E-state index in [2.05, 4.69) is 26.8 Å². The number of carbonyl (C=O) groups is 1. The molecule has 1 heterocycles. The zero-order valence-corrected chi connectivity index (χ0v) is 28.8. The summed E-state index contributed by atoms with van der Waals surface area (Å²) in [6, 6.07) is 0. The quantitative estimate of drug-likeness (QED) is 0.160. The molecule has 268 valence electrons. The Kier molecular flexibility index (Phi) is 8.68. The number of hydrogen-bond donors (Lipinski definition) is 8. The number of hydrogen-bond acceptors (Lipinski definition) is 11. The van der Waals surface area contributed by atoms with E-state index in [1.807, 2.05) is 20.8 Å². The normalized spacial score (nSPS) is 55.4. The molecule has 6 aliphatic rings. The number of ether oxygens (including phenoxy) is 2. The van der Waals surface area contributed by atoms with E-state index >= 15 is 0 Å². The third-order valence-corrected chi connectivity index (χ3v) is 15.4. The number of rotatable bonds is 4. The molecule has 4 saturated carbocycles. The number of fused-ring (bicyclic) bond motifs is 7. The summed E-state index contributed by atoms with van der Waals surface area (Å²) in [6.07, 6.45) is -3.62. The molecule has 5 fully saturated rings. The maximum atomic E-state index is 14.4. The molecule has 11 heteroatoms. The molecule has 0 aromatic rings. The predicted molar refractivity (Wildman–Crippen MR) is 169 cm³/mol. The minimum Gasteiger partial charge on any atom is -0.432 e. The zero-order valence-electron chi connectivity index (χ0n) is 28.8. The molecular weight excluding hydrogens is 608 g/mol. The highest BCUT2D eigenvalue weighted by Gasteiger charge is 2.72.